The van der Waals surface area contributed by atoms with Crippen molar-refractivity contribution in [1.29, 1.82) is 5.26 Å². The zero-order valence-corrected chi connectivity index (χ0v) is 16.5. The van der Waals surface area contributed by atoms with Crippen LogP contribution in [0.5, 0.6) is 0 Å². The molecule has 0 radical (unpaired) electrons. The highest BCUT2D eigenvalue weighted by Gasteiger charge is 2.34. The van der Waals surface area contributed by atoms with E-state index >= 15 is 0 Å². The molecule has 0 unspecified atom stereocenters. The molecule has 122 valence electrons. The van der Waals surface area contributed by atoms with E-state index in [-0.39, 0.29) is 16.5 Å². The van der Waals surface area contributed by atoms with E-state index in [1.165, 1.54) is 19.5 Å². The van der Waals surface area contributed by atoms with Gasteiger partial charge in [0.1, 0.15) is 0 Å². The molecule has 2 aromatic heterocycles. The maximum atomic E-state index is 9.46. The normalized spacial score (nSPS) is 13.2. The minimum absolute atomic E-state index is 0.0648. The minimum Gasteiger partial charge on any atom is -0.226 e. The van der Waals surface area contributed by atoms with Gasteiger partial charge in [-0.15, -0.1) is 22.7 Å². The largest absolute Gasteiger partial charge is 0.270 e. The quantitative estimate of drug-likeness (QED) is 0.331. The molecule has 24 heavy (non-hydrogen) atoms. The smallest absolute Gasteiger partial charge is 0.226 e. The van der Waals surface area contributed by atoms with Crippen molar-refractivity contribution in [1.82, 2.24) is 0 Å². The van der Waals surface area contributed by atoms with Gasteiger partial charge in [0, 0.05) is 15.3 Å². The molecule has 2 heterocycles. The van der Waals surface area contributed by atoms with Gasteiger partial charge in [-0.3, -0.25) is 0 Å². The number of fused-ring (bicyclic) bond motifs is 3. The predicted octanol–water partition coefficient (Wildman–Crippen LogP) is 6.59. The SMILES string of the molecule is [C-]#[N+]C(C#N)=C1c2cc(C(C)(C)C)sc2-c2sc(C(C)(C)C)cc21. The van der Waals surface area contributed by atoms with Crippen molar-refractivity contribution in [3.05, 3.63) is 50.1 Å². The Morgan fingerprint density at radius 2 is 1.38 bits per heavy atom. The van der Waals surface area contributed by atoms with Crippen molar-refractivity contribution in [3.63, 3.8) is 0 Å². The van der Waals surface area contributed by atoms with Crippen molar-refractivity contribution in [2.24, 2.45) is 0 Å². The molecular weight excluding hydrogens is 332 g/mol. The van der Waals surface area contributed by atoms with E-state index in [4.69, 9.17) is 6.57 Å². The van der Waals surface area contributed by atoms with Crippen LogP contribution in [0.25, 0.3) is 20.2 Å². The molecule has 0 bridgehead atoms. The van der Waals surface area contributed by atoms with Gasteiger partial charge < -0.3 is 0 Å². The number of hydrogen-bond donors (Lipinski definition) is 0. The average molecular weight is 353 g/mol. The lowest BCUT2D eigenvalue weighted by molar-refractivity contribution is 0.604. The van der Waals surface area contributed by atoms with E-state index in [0.717, 1.165) is 16.7 Å². The van der Waals surface area contributed by atoms with E-state index in [1.54, 1.807) is 22.7 Å². The molecule has 0 spiro atoms. The summed E-state index contributed by atoms with van der Waals surface area (Å²) in [7, 11) is 0. The number of nitrogens with zero attached hydrogens (tertiary/aromatic N) is 2. The zero-order chi connectivity index (χ0) is 17.9. The summed E-state index contributed by atoms with van der Waals surface area (Å²) in [4.78, 5) is 8.54. The van der Waals surface area contributed by atoms with Gasteiger partial charge in [0.15, 0.2) is 0 Å². The van der Waals surface area contributed by atoms with E-state index in [9.17, 15) is 5.26 Å². The number of nitriles is 1. The summed E-state index contributed by atoms with van der Waals surface area (Å²) in [6.07, 6.45) is 0. The monoisotopic (exact) mass is 352 g/mol. The van der Waals surface area contributed by atoms with Crippen LogP contribution in [0.3, 0.4) is 0 Å². The zero-order valence-electron chi connectivity index (χ0n) is 14.9. The number of rotatable bonds is 0. The maximum absolute atomic E-state index is 9.46. The second kappa shape index (κ2) is 5.31. The van der Waals surface area contributed by atoms with Gasteiger partial charge in [-0.1, -0.05) is 41.5 Å². The van der Waals surface area contributed by atoms with Crippen LogP contribution in [0, 0.1) is 17.9 Å². The molecule has 0 fully saturated rings. The van der Waals surface area contributed by atoms with Gasteiger partial charge in [-0.25, -0.2) is 10.1 Å². The second-order valence-electron chi connectivity index (χ2n) is 8.15. The highest BCUT2D eigenvalue weighted by Crippen LogP contribution is 2.55. The van der Waals surface area contributed by atoms with Crippen molar-refractivity contribution < 1.29 is 0 Å². The Morgan fingerprint density at radius 1 is 0.958 bits per heavy atom. The van der Waals surface area contributed by atoms with Gasteiger partial charge in [0.25, 0.3) is 5.70 Å². The van der Waals surface area contributed by atoms with Gasteiger partial charge in [-0.2, -0.15) is 0 Å². The first-order chi connectivity index (χ1) is 11.1. The molecule has 2 aromatic rings. The third-order valence-electron chi connectivity index (χ3n) is 4.14. The first kappa shape index (κ1) is 17.0. The molecule has 2 nitrogen and oxygen atoms in total. The average Bonchev–Trinajstić information content (AvgIpc) is 3.10. The lowest BCUT2D eigenvalue weighted by Gasteiger charge is -2.15. The Labute approximate surface area is 151 Å². The molecule has 0 aromatic carbocycles. The standard InChI is InChI=1S/C20H20N2S2/c1-19(2,3)14-8-11-16(13(10-21)22-7)12-9-15(20(4,5)6)24-18(12)17(11)23-14/h8-9H,1-6H3. The Balaban J connectivity index is 2.35. The van der Waals surface area contributed by atoms with E-state index in [0.29, 0.717) is 0 Å². The Morgan fingerprint density at radius 3 is 1.67 bits per heavy atom. The first-order valence-electron chi connectivity index (χ1n) is 7.89. The van der Waals surface area contributed by atoms with Gasteiger partial charge in [0.2, 0.25) is 0 Å². The van der Waals surface area contributed by atoms with Gasteiger partial charge in [-0.05, 0) is 34.1 Å². The molecule has 1 aliphatic rings. The Bertz CT molecular complexity index is 866. The first-order valence-corrected chi connectivity index (χ1v) is 9.53. The Hall–Kier alpha value is -1.88. The van der Waals surface area contributed by atoms with Crippen molar-refractivity contribution >= 4 is 28.2 Å². The molecule has 0 amide bonds. The van der Waals surface area contributed by atoms with Crippen LogP contribution in [0.4, 0.5) is 0 Å². The van der Waals surface area contributed by atoms with E-state index < -0.39 is 0 Å². The molecule has 0 atom stereocenters. The predicted molar refractivity (Wildman–Crippen MR) is 103 cm³/mol. The van der Waals surface area contributed by atoms with Crippen LogP contribution in [0.15, 0.2) is 17.8 Å². The van der Waals surface area contributed by atoms with Crippen molar-refractivity contribution in [2.45, 2.75) is 52.4 Å². The fourth-order valence-corrected chi connectivity index (χ4v) is 5.37. The van der Waals surface area contributed by atoms with Crippen molar-refractivity contribution in [2.75, 3.05) is 0 Å². The van der Waals surface area contributed by atoms with Crippen LogP contribution in [-0.2, 0) is 10.8 Å². The summed E-state index contributed by atoms with van der Waals surface area (Å²) in [6, 6.07) is 6.47. The topological polar surface area (TPSA) is 28.1 Å². The molecule has 4 heteroatoms. The van der Waals surface area contributed by atoms with Crippen LogP contribution in [-0.4, -0.2) is 0 Å². The summed E-state index contributed by atoms with van der Waals surface area (Å²) in [5.41, 5.74) is 3.30. The molecule has 1 aliphatic carbocycles. The minimum atomic E-state index is 0.0648. The highest BCUT2D eigenvalue weighted by atomic mass is 32.1. The van der Waals surface area contributed by atoms with Crippen LogP contribution < -0.4 is 0 Å². The summed E-state index contributed by atoms with van der Waals surface area (Å²) >= 11 is 3.60. The third-order valence-corrected chi connectivity index (χ3v) is 7.43. The van der Waals surface area contributed by atoms with Crippen LogP contribution >= 0.6 is 22.7 Å². The summed E-state index contributed by atoms with van der Waals surface area (Å²) in [5, 5.41) is 9.46. The third kappa shape index (κ3) is 2.51. The van der Waals surface area contributed by atoms with Crippen molar-refractivity contribution in [3.8, 4) is 15.8 Å². The molecule has 0 aliphatic heterocycles. The summed E-state index contributed by atoms with van der Waals surface area (Å²) in [5.74, 6) is 0. The van der Waals surface area contributed by atoms with Crippen LogP contribution in [0.1, 0.15) is 62.4 Å². The van der Waals surface area contributed by atoms with Crippen LogP contribution in [0.2, 0.25) is 0 Å². The maximum Gasteiger partial charge on any atom is 0.270 e. The number of hydrogen-bond acceptors (Lipinski definition) is 3. The number of thiophene rings is 2. The van der Waals surface area contributed by atoms with E-state index in [2.05, 4.69) is 64.6 Å². The fraction of sp³-hybridized carbons (Fsp3) is 0.400. The fourth-order valence-electron chi connectivity index (χ4n) is 2.77. The summed E-state index contributed by atoms with van der Waals surface area (Å²) < 4.78 is 0. The number of allylic oxidation sites excluding steroid dienone is 1. The lowest BCUT2D eigenvalue weighted by atomic mass is 9.92. The highest BCUT2D eigenvalue weighted by molar-refractivity contribution is 7.23. The molecule has 0 saturated heterocycles. The second-order valence-corrected chi connectivity index (χ2v) is 10.3. The van der Waals surface area contributed by atoms with Gasteiger partial charge in [0.05, 0.1) is 22.4 Å². The summed E-state index contributed by atoms with van der Waals surface area (Å²) in [6.45, 7) is 20.6. The van der Waals surface area contributed by atoms with E-state index in [1.807, 2.05) is 0 Å². The molecule has 0 saturated carbocycles. The lowest BCUT2D eigenvalue weighted by Crippen LogP contribution is -2.08. The molecular formula is C20H20N2S2. The molecule has 3 rings (SSSR count). The Kier molecular flexibility index (Phi) is 3.75. The van der Waals surface area contributed by atoms with Gasteiger partial charge >= 0.3 is 0 Å². The molecule has 0 N–H and O–H groups in total.